The van der Waals surface area contributed by atoms with Crippen molar-refractivity contribution < 1.29 is 0 Å². The highest BCUT2D eigenvalue weighted by Gasteiger charge is 2.09. The highest BCUT2D eigenvalue weighted by atomic mass is 14.8. The van der Waals surface area contributed by atoms with Crippen LogP contribution in [0.15, 0.2) is 24.4 Å². The Hall–Kier alpha value is -1.57. The average molecular weight is 244 g/mol. The first-order chi connectivity index (χ1) is 8.52. The molecular weight excluding hydrogens is 220 g/mol. The van der Waals surface area contributed by atoms with E-state index in [-0.39, 0.29) is 0 Å². The van der Waals surface area contributed by atoms with E-state index in [0.29, 0.717) is 11.7 Å². The second-order valence-corrected chi connectivity index (χ2v) is 4.95. The standard InChI is InChI=1S/C13H16N2.C3H8/c1-8(2)10-5-4-9(3)11-6-7-15-13(14)12(10)11;1-3-2/h4-8H,1-3H3,(H2,14,15);3H2,1-2H3. The molecule has 0 bridgehead atoms. The normalized spacial score (nSPS) is 10.3. The van der Waals surface area contributed by atoms with Gasteiger partial charge in [-0.25, -0.2) is 4.98 Å². The van der Waals surface area contributed by atoms with Crippen LogP contribution in [0.5, 0.6) is 0 Å². The molecule has 0 aliphatic heterocycles. The minimum Gasteiger partial charge on any atom is -0.383 e. The number of hydrogen-bond acceptors (Lipinski definition) is 2. The first-order valence-corrected chi connectivity index (χ1v) is 6.66. The Bertz CT molecular complexity index is 516. The molecule has 2 rings (SSSR count). The molecule has 18 heavy (non-hydrogen) atoms. The summed E-state index contributed by atoms with van der Waals surface area (Å²) in [5, 5.41) is 2.33. The molecule has 0 aliphatic carbocycles. The van der Waals surface area contributed by atoms with Crippen LogP contribution in [0.1, 0.15) is 51.2 Å². The summed E-state index contributed by atoms with van der Waals surface area (Å²) in [6.45, 7) is 10.7. The summed E-state index contributed by atoms with van der Waals surface area (Å²) in [5.41, 5.74) is 8.48. The van der Waals surface area contributed by atoms with Crippen molar-refractivity contribution in [2.75, 3.05) is 5.73 Å². The number of rotatable bonds is 1. The number of pyridine rings is 1. The van der Waals surface area contributed by atoms with Crippen LogP contribution in [0.25, 0.3) is 10.8 Å². The lowest BCUT2D eigenvalue weighted by Crippen LogP contribution is -1.97. The third kappa shape index (κ3) is 3.00. The van der Waals surface area contributed by atoms with Gasteiger partial charge >= 0.3 is 0 Å². The van der Waals surface area contributed by atoms with E-state index in [1.807, 2.05) is 6.07 Å². The molecule has 0 fully saturated rings. The summed E-state index contributed by atoms with van der Waals surface area (Å²) >= 11 is 0. The van der Waals surface area contributed by atoms with E-state index in [1.165, 1.54) is 22.9 Å². The number of aromatic nitrogens is 1. The lowest BCUT2D eigenvalue weighted by molar-refractivity contribution is 0.875. The SMILES string of the molecule is CCC.Cc1ccc(C(C)C)c2c(N)nccc12. The van der Waals surface area contributed by atoms with Gasteiger partial charge in [-0.2, -0.15) is 0 Å². The monoisotopic (exact) mass is 244 g/mol. The maximum atomic E-state index is 5.95. The number of aryl methyl sites for hydroxylation is 1. The van der Waals surface area contributed by atoms with Crippen LogP contribution in [0, 0.1) is 6.92 Å². The molecule has 1 aromatic heterocycles. The van der Waals surface area contributed by atoms with E-state index in [1.54, 1.807) is 6.20 Å². The number of nitrogens with two attached hydrogens (primary N) is 1. The predicted molar refractivity (Wildman–Crippen MR) is 80.9 cm³/mol. The van der Waals surface area contributed by atoms with Crippen molar-refractivity contribution in [3.63, 3.8) is 0 Å². The first-order valence-electron chi connectivity index (χ1n) is 6.66. The van der Waals surface area contributed by atoms with Crippen molar-refractivity contribution in [1.82, 2.24) is 4.98 Å². The molecule has 0 aliphatic rings. The fraction of sp³-hybridized carbons (Fsp3) is 0.438. The van der Waals surface area contributed by atoms with Gasteiger partial charge in [0.2, 0.25) is 0 Å². The second kappa shape index (κ2) is 6.39. The fourth-order valence-corrected chi connectivity index (χ4v) is 1.98. The van der Waals surface area contributed by atoms with Crippen molar-refractivity contribution in [3.8, 4) is 0 Å². The Morgan fingerprint density at radius 3 is 2.33 bits per heavy atom. The van der Waals surface area contributed by atoms with Gasteiger partial charge in [-0.3, -0.25) is 0 Å². The zero-order valence-corrected chi connectivity index (χ0v) is 12.1. The van der Waals surface area contributed by atoms with Crippen LogP contribution in [0.2, 0.25) is 0 Å². The molecule has 2 heteroatoms. The molecule has 0 radical (unpaired) electrons. The third-order valence-corrected chi connectivity index (χ3v) is 2.83. The second-order valence-electron chi connectivity index (χ2n) is 4.95. The Balaban J connectivity index is 0.000000492. The topological polar surface area (TPSA) is 38.9 Å². The molecule has 0 spiro atoms. The third-order valence-electron chi connectivity index (χ3n) is 2.83. The van der Waals surface area contributed by atoms with Crippen LogP contribution in [0.3, 0.4) is 0 Å². The Labute approximate surface area is 110 Å². The van der Waals surface area contributed by atoms with Gasteiger partial charge in [0.05, 0.1) is 0 Å². The van der Waals surface area contributed by atoms with Crippen LogP contribution in [-0.2, 0) is 0 Å². The molecular formula is C16H24N2. The molecule has 1 heterocycles. The summed E-state index contributed by atoms with van der Waals surface area (Å²) in [7, 11) is 0. The van der Waals surface area contributed by atoms with Crippen molar-refractivity contribution in [1.29, 1.82) is 0 Å². The lowest BCUT2D eigenvalue weighted by Gasteiger charge is -2.13. The van der Waals surface area contributed by atoms with Crippen LogP contribution < -0.4 is 5.73 Å². The lowest BCUT2D eigenvalue weighted by atomic mass is 9.94. The van der Waals surface area contributed by atoms with E-state index in [0.717, 1.165) is 5.39 Å². The zero-order chi connectivity index (χ0) is 13.7. The number of nitrogens with zero attached hydrogens (tertiary/aromatic N) is 1. The Kier molecular flexibility index (Phi) is 5.14. The van der Waals surface area contributed by atoms with Gasteiger partial charge < -0.3 is 5.73 Å². The van der Waals surface area contributed by atoms with E-state index in [4.69, 9.17) is 5.73 Å². The van der Waals surface area contributed by atoms with Gasteiger partial charge in [-0.1, -0.05) is 46.2 Å². The molecule has 0 amide bonds. The van der Waals surface area contributed by atoms with Gasteiger partial charge in [0.15, 0.2) is 0 Å². The van der Waals surface area contributed by atoms with Crippen LogP contribution in [0.4, 0.5) is 5.82 Å². The summed E-state index contributed by atoms with van der Waals surface area (Å²) in [6.07, 6.45) is 3.02. The molecule has 98 valence electrons. The minimum atomic E-state index is 0.472. The summed E-state index contributed by atoms with van der Waals surface area (Å²) < 4.78 is 0. The predicted octanol–water partition coefficient (Wildman–Crippen LogP) is 4.67. The summed E-state index contributed by atoms with van der Waals surface area (Å²) in [5.74, 6) is 1.11. The van der Waals surface area contributed by atoms with Gasteiger partial charge in [0, 0.05) is 11.6 Å². The molecule has 2 N–H and O–H groups in total. The quantitative estimate of drug-likeness (QED) is 0.792. The van der Waals surface area contributed by atoms with E-state index < -0.39 is 0 Å². The van der Waals surface area contributed by atoms with Gasteiger partial charge in [-0.15, -0.1) is 0 Å². The van der Waals surface area contributed by atoms with Crippen LogP contribution >= 0.6 is 0 Å². The molecule has 2 aromatic rings. The number of fused-ring (bicyclic) bond motifs is 1. The van der Waals surface area contributed by atoms with E-state index in [9.17, 15) is 0 Å². The number of hydrogen-bond donors (Lipinski definition) is 1. The van der Waals surface area contributed by atoms with E-state index >= 15 is 0 Å². The van der Waals surface area contributed by atoms with Crippen molar-refractivity contribution in [3.05, 3.63) is 35.5 Å². The Morgan fingerprint density at radius 1 is 1.17 bits per heavy atom. The fourth-order valence-electron chi connectivity index (χ4n) is 1.98. The molecule has 1 aromatic carbocycles. The van der Waals surface area contributed by atoms with Gasteiger partial charge in [0.1, 0.15) is 5.82 Å². The highest BCUT2D eigenvalue weighted by Crippen LogP contribution is 2.30. The maximum absolute atomic E-state index is 5.95. The molecule has 0 saturated carbocycles. The molecule has 0 unspecified atom stereocenters. The number of anilines is 1. The highest BCUT2D eigenvalue weighted by molar-refractivity contribution is 5.96. The van der Waals surface area contributed by atoms with Crippen molar-refractivity contribution in [2.45, 2.75) is 47.0 Å². The minimum absolute atomic E-state index is 0.472. The summed E-state index contributed by atoms with van der Waals surface area (Å²) in [4.78, 5) is 4.17. The van der Waals surface area contributed by atoms with Crippen molar-refractivity contribution >= 4 is 16.6 Å². The largest absolute Gasteiger partial charge is 0.383 e. The molecule has 2 nitrogen and oxygen atoms in total. The van der Waals surface area contributed by atoms with Gasteiger partial charge in [-0.05, 0) is 35.4 Å². The number of benzene rings is 1. The Morgan fingerprint density at radius 2 is 1.78 bits per heavy atom. The molecule has 0 saturated heterocycles. The van der Waals surface area contributed by atoms with E-state index in [2.05, 4.69) is 51.7 Å². The first kappa shape index (κ1) is 14.5. The van der Waals surface area contributed by atoms with Gasteiger partial charge in [0.25, 0.3) is 0 Å². The maximum Gasteiger partial charge on any atom is 0.131 e. The average Bonchev–Trinajstić information content (AvgIpc) is 2.31. The van der Waals surface area contributed by atoms with Crippen molar-refractivity contribution in [2.24, 2.45) is 0 Å². The summed E-state index contributed by atoms with van der Waals surface area (Å²) in [6, 6.07) is 6.34. The van der Waals surface area contributed by atoms with Crippen LogP contribution in [-0.4, -0.2) is 4.98 Å². The zero-order valence-electron chi connectivity index (χ0n) is 12.1. The smallest absolute Gasteiger partial charge is 0.131 e. The number of nitrogen functional groups attached to an aromatic ring is 1. The molecule has 0 atom stereocenters.